The van der Waals surface area contributed by atoms with Crippen molar-refractivity contribution in [2.75, 3.05) is 11.9 Å². The van der Waals surface area contributed by atoms with Crippen molar-refractivity contribution in [1.82, 2.24) is 5.32 Å². The predicted octanol–water partition coefficient (Wildman–Crippen LogP) is 4.13. The highest BCUT2D eigenvalue weighted by Crippen LogP contribution is 2.19. The minimum atomic E-state index is -0.687. The van der Waals surface area contributed by atoms with Gasteiger partial charge < -0.3 is 15.4 Å². The van der Waals surface area contributed by atoms with Crippen molar-refractivity contribution in [3.63, 3.8) is 0 Å². The van der Waals surface area contributed by atoms with Gasteiger partial charge in [0.05, 0.1) is 12.2 Å². The smallest absolute Gasteiger partial charge is 0.255 e. The lowest BCUT2D eigenvalue weighted by atomic mass is 10.0. The van der Waals surface area contributed by atoms with Crippen molar-refractivity contribution in [1.29, 1.82) is 0 Å². The molecule has 0 bridgehead atoms. The molecule has 0 fully saturated rings. The molecular formula is C20H23ClN2O3. The Morgan fingerprint density at radius 1 is 1.08 bits per heavy atom. The molecule has 5 nitrogen and oxygen atoms in total. The number of carbonyl (C=O) groups excluding carboxylic acids is 2. The number of benzene rings is 2. The number of amides is 2. The van der Waals surface area contributed by atoms with Crippen LogP contribution in [0.5, 0.6) is 5.75 Å². The molecule has 0 aromatic heterocycles. The molecule has 0 saturated heterocycles. The highest BCUT2D eigenvalue weighted by Gasteiger charge is 2.26. The molecule has 2 N–H and O–H groups in total. The van der Waals surface area contributed by atoms with Crippen LogP contribution < -0.4 is 15.4 Å². The maximum absolute atomic E-state index is 12.7. The summed E-state index contributed by atoms with van der Waals surface area (Å²) in [7, 11) is 0. The lowest BCUT2D eigenvalue weighted by molar-refractivity contribution is -0.118. The fourth-order valence-electron chi connectivity index (χ4n) is 2.44. The maximum atomic E-state index is 12.7. The van der Waals surface area contributed by atoms with Gasteiger partial charge in [0.1, 0.15) is 11.8 Å². The molecule has 2 rings (SSSR count). The van der Waals surface area contributed by atoms with E-state index >= 15 is 0 Å². The van der Waals surface area contributed by atoms with E-state index in [-0.39, 0.29) is 17.7 Å². The normalized spacial score (nSPS) is 11.7. The van der Waals surface area contributed by atoms with E-state index in [4.69, 9.17) is 16.3 Å². The molecule has 1 atom stereocenters. The number of para-hydroxylation sites is 1. The third-order valence-corrected chi connectivity index (χ3v) is 4.03. The average molecular weight is 375 g/mol. The Labute approximate surface area is 158 Å². The Morgan fingerprint density at radius 2 is 1.73 bits per heavy atom. The number of carbonyl (C=O) groups is 2. The van der Waals surface area contributed by atoms with Crippen LogP contribution in [0.4, 0.5) is 5.69 Å². The number of anilines is 1. The zero-order valence-electron chi connectivity index (χ0n) is 15.1. The molecule has 6 heteroatoms. The summed E-state index contributed by atoms with van der Waals surface area (Å²) in [6.07, 6.45) is 0. The Kier molecular flexibility index (Phi) is 7.04. The standard InChI is InChI=1S/C20H23ClN2O3/c1-4-26-17-8-6-5-7-16(17)19(24)23-18(13(2)3)20(25)22-15-11-9-14(21)10-12-15/h5-13,18H,4H2,1-3H3,(H,22,25)(H,23,24)/t18-/m0/s1. The monoisotopic (exact) mass is 374 g/mol. The molecule has 0 aliphatic carbocycles. The van der Waals surface area contributed by atoms with Gasteiger partial charge in [-0.05, 0) is 49.2 Å². The highest BCUT2D eigenvalue weighted by molar-refractivity contribution is 6.30. The first-order valence-electron chi connectivity index (χ1n) is 8.51. The fourth-order valence-corrected chi connectivity index (χ4v) is 2.57. The molecule has 0 aliphatic rings. The minimum Gasteiger partial charge on any atom is -0.493 e. The molecule has 0 heterocycles. The maximum Gasteiger partial charge on any atom is 0.255 e. The zero-order chi connectivity index (χ0) is 19.1. The molecular weight excluding hydrogens is 352 g/mol. The highest BCUT2D eigenvalue weighted by atomic mass is 35.5. The van der Waals surface area contributed by atoms with E-state index in [9.17, 15) is 9.59 Å². The first kappa shape index (κ1) is 19.8. The molecule has 2 amide bonds. The molecule has 138 valence electrons. The van der Waals surface area contributed by atoms with Crippen LogP contribution in [-0.4, -0.2) is 24.5 Å². The summed E-state index contributed by atoms with van der Waals surface area (Å²) >= 11 is 5.86. The minimum absolute atomic E-state index is 0.0921. The van der Waals surface area contributed by atoms with Gasteiger partial charge in [0.2, 0.25) is 5.91 Å². The lowest BCUT2D eigenvalue weighted by Gasteiger charge is -2.22. The van der Waals surface area contributed by atoms with Crippen LogP contribution in [0.2, 0.25) is 5.02 Å². The molecule has 2 aromatic rings. The van der Waals surface area contributed by atoms with Crippen molar-refractivity contribution in [2.24, 2.45) is 5.92 Å². The number of rotatable bonds is 7. The van der Waals surface area contributed by atoms with Gasteiger partial charge in [-0.2, -0.15) is 0 Å². The summed E-state index contributed by atoms with van der Waals surface area (Å²) in [5.41, 5.74) is 1.02. The quantitative estimate of drug-likeness (QED) is 0.765. The number of ether oxygens (including phenoxy) is 1. The van der Waals surface area contributed by atoms with E-state index in [1.165, 1.54) is 0 Å². The van der Waals surface area contributed by atoms with Crippen LogP contribution in [0.25, 0.3) is 0 Å². The summed E-state index contributed by atoms with van der Waals surface area (Å²) in [6, 6.07) is 13.1. The van der Waals surface area contributed by atoms with Crippen LogP contribution in [0, 0.1) is 5.92 Å². The van der Waals surface area contributed by atoms with Crippen molar-refractivity contribution in [3.8, 4) is 5.75 Å². The Hall–Kier alpha value is -2.53. The first-order chi connectivity index (χ1) is 12.4. The summed E-state index contributed by atoms with van der Waals surface area (Å²) in [5, 5.41) is 6.20. The van der Waals surface area contributed by atoms with Gasteiger partial charge in [0.15, 0.2) is 0 Å². The van der Waals surface area contributed by atoms with Crippen molar-refractivity contribution < 1.29 is 14.3 Å². The first-order valence-corrected chi connectivity index (χ1v) is 8.89. The molecule has 0 radical (unpaired) electrons. The van der Waals surface area contributed by atoms with E-state index in [1.807, 2.05) is 20.8 Å². The number of hydrogen-bond donors (Lipinski definition) is 2. The van der Waals surface area contributed by atoms with Crippen molar-refractivity contribution in [3.05, 3.63) is 59.1 Å². The summed E-state index contributed by atoms with van der Waals surface area (Å²) in [6.45, 7) is 6.06. The van der Waals surface area contributed by atoms with E-state index in [1.54, 1.807) is 48.5 Å². The number of nitrogens with one attached hydrogen (secondary N) is 2. The SMILES string of the molecule is CCOc1ccccc1C(=O)N[C@H](C(=O)Nc1ccc(Cl)cc1)C(C)C. The summed E-state index contributed by atoms with van der Waals surface area (Å²) in [4.78, 5) is 25.3. The van der Waals surface area contributed by atoms with E-state index < -0.39 is 6.04 Å². The van der Waals surface area contributed by atoms with Gasteiger partial charge in [-0.1, -0.05) is 37.6 Å². The van der Waals surface area contributed by atoms with Gasteiger partial charge >= 0.3 is 0 Å². The second-order valence-electron chi connectivity index (χ2n) is 6.12. The van der Waals surface area contributed by atoms with Crippen LogP contribution in [-0.2, 0) is 4.79 Å². The molecule has 0 unspecified atom stereocenters. The lowest BCUT2D eigenvalue weighted by Crippen LogP contribution is -2.47. The average Bonchev–Trinajstić information content (AvgIpc) is 2.61. The second kappa shape index (κ2) is 9.25. The van der Waals surface area contributed by atoms with E-state index in [2.05, 4.69) is 10.6 Å². The van der Waals surface area contributed by atoms with Crippen molar-refractivity contribution in [2.45, 2.75) is 26.8 Å². The molecule has 2 aromatic carbocycles. The molecule has 0 aliphatic heterocycles. The predicted molar refractivity (Wildman–Crippen MR) is 104 cm³/mol. The number of halogens is 1. The molecule has 0 spiro atoms. The Morgan fingerprint density at radius 3 is 2.35 bits per heavy atom. The molecule has 0 saturated carbocycles. The van der Waals surface area contributed by atoms with Crippen molar-refractivity contribution >= 4 is 29.1 Å². The number of hydrogen-bond acceptors (Lipinski definition) is 3. The largest absolute Gasteiger partial charge is 0.493 e. The van der Waals surface area contributed by atoms with E-state index in [0.29, 0.717) is 28.6 Å². The Bertz CT molecular complexity index is 760. The molecule has 26 heavy (non-hydrogen) atoms. The zero-order valence-corrected chi connectivity index (χ0v) is 15.8. The summed E-state index contributed by atoms with van der Waals surface area (Å²) in [5.74, 6) is -0.234. The van der Waals surface area contributed by atoms with Gasteiger partial charge in [0, 0.05) is 10.7 Å². The third kappa shape index (κ3) is 5.23. The summed E-state index contributed by atoms with van der Waals surface area (Å²) < 4.78 is 5.49. The van der Waals surface area contributed by atoms with Gasteiger partial charge in [-0.3, -0.25) is 9.59 Å². The van der Waals surface area contributed by atoms with Crippen LogP contribution in [0.15, 0.2) is 48.5 Å². The third-order valence-electron chi connectivity index (χ3n) is 3.78. The van der Waals surface area contributed by atoms with Gasteiger partial charge in [-0.15, -0.1) is 0 Å². The van der Waals surface area contributed by atoms with Crippen LogP contribution in [0.1, 0.15) is 31.1 Å². The van der Waals surface area contributed by atoms with Gasteiger partial charge in [0.25, 0.3) is 5.91 Å². The topological polar surface area (TPSA) is 67.4 Å². The van der Waals surface area contributed by atoms with Crippen LogP contribution in [0.3, 0.4) is 0 Å². The van der Waals surface area contributed by atoms with E-state index in [0.717, 1.165) is 0 Å². The fraction of sp³-hybridized carbons (Fsp3) is 0.300. The second-order valence-corrected chi connectivity index (χ2v) is 6.56. The van der Waals surface area contributed by atoms with Crippen LogP contribution >= 0.6 is 11.6 Å². The Balaban J connectivity index is 2.13. The van der Waals surface area contributed by atoms with Gasteiger partial charge in [-0.25, -0.2) is 0 Å².